The zero-order chi connectivity index (χ0) is 22.8. The van der Waals surface area contributed by atoms with E-state index in [1.807, 2.05) is 29.6 Å². The number of anilines is 2. The Hall–Kier alpha value is -3.16. The van der Waals surface area contributed by atoms with Crippen molar-refractivity contribution in [2.45, 2.75) is 19.8 Å². The summed E-state index contributed by atoms with van der Waals surface area (Å²) in [6.07, 6.45) is 1.46. The van der Waals surface area contributed by atoms with E-state index in [2.05, 4.69) is 30.4 Å². The predicted octanol–water partition coefficient (Wildman–Crippen LogP) is 1.37. The fourth-order valence-electron chi connectivity index (χ4n) is 3.95. The molecule has 0 unspecified atom stereocenters. The van der Waals surface area contributed by atoms with Crippen LogP contribution in [0.1, 0.15) is 19.8 Å². The molecule has 1 aromatic carbocycles. The van der Waals surface area contributed by atoms with Crippen molar-refractivity contribution in [2.24, 2.45) is 11.0 Å². The highest BCUT2D eigenvalue weighted by Crippen LogP contribution is 2.25. The van der Waals surface area contributed by atoms with Gasteiger partial charge in [0.25, 0.3) is 5.91 Å². The van der Waals surface area contributed by atoms with Gasteiger partial charge in [0.05, 0.1) is 12.3 Å². The van der Waals surface area contributed by atoms with Crippen LogP contribution in [0.2, 0.25) is 0 Å². The first-order chi connectivity index (χ1) is 15.6. The maximum Gasteiger partial charge on any atom is 0.414 e. The molecule has 0 atom stereocenters. The van der Waals surface area contributed by atoms with E-state index in [0.29, 0.717) is 5.69 Å². The zero-order valence-corrected chi connectivity index (χ0v) is 18.5. The molecule has 2 heterocycles. The van der Waals surface area contributed by atoms with Gasteiger partial charge >= 0.3 is 6.09 Å². The Balaban J connectivity index is 1.47. The number of carbonyl (C=O) groups is 2. The summed E-state index contributed by atoms with van der Waals surface area (Å²) in [5, 5.41) is 18.3. The maximum absolute atomic E-state index is 11.9. The first-order valence-electron chi connectivity index (χ1n) is 11.1. The van der Waals surface area contributed by atoms with Crippen LogP contribution in [0.25, 0.3) is 0 Å². The summed E-state index contributed by atoms with van der Waals surface area (Å²) in [4.78, 5) is 28.1. The first-order valence-corrected chi connectivity index (χ1v) is 11.1. The highest BCUT2D eigenvalue weighted by atomic mass is 16.5. The monoisotopic (exact) mass is 441 g/mol. The van der Waals surface area contributed by atoms with Crippen molar-refractivity contribution in [1.29, 1.82) is 5.26 Å². The average molecular weight is 442 g/mol. The number of nitriles is 1. The molecule has 0 aliphatic carbocycles. The van der Waals surface area contributed by atoms with Gasteiger partial charge in [-0.25, -0.2) is 4.79 Å². The summed E-state index contributed by atoms with van der Waals surface area (Å²) < 4.78 is 4.62. The number of hydrogen-bond acceptors (Lipinski definition) is 9. The van der Waals surface area contributed by atoms with E-state index in [1.165, 1.54) is 19.4 Å². The molecule has 3 rings (SSSR count). The molecule has 172 valence electrons. The third-order valence-electron chi connectivity index (χ3n) is 5.68. The minimum Gasteiger partial charge on any atom is -0.450 e. The molecule has 10 nitrogen and oxygen atoms in total. The van der Waals surface area contributed by atoms with Gasteiger partial charge in [-0.05, 0) is 49.9 Å². The Morgan fingerprint density at radius 3 is 2.50 bits per heavy atom. The van der Waals surface area contributed by atoms with Gasteiger partial charge in [0, 0.05) is 51.5 Å². The van der Waals surface area contributed by atoms with Crippen LogP contribution < -0.4 is 21.0 Å². The average Bonchev–Trinajstić information content (AvgIpc) is 2.81. The van der Waals surface area contributed by atoms with Crippen LogP contribution in [0.15, 0.2) is 29.4 Å². The van der Waals surface area contributed by atoms with Gasteiger partial charge in [0.15, 0.2) is 0 Å². The lowest BCUT2D eigenvalue weighted by atomic mass is 9.95. The molecule has 0 radical (unpaired) electrons. The third-order valence-corrected chi connectivity index (χ3v) is 5.68. The molecule has 3 N–H and O–H groups in total. The Morgan fingerprint density at radius 2 is 1.88 bits per heavy atom. The lowest BCUT2D eigenvalue weighted by Gasteiger charge is -2.37. The van der Waals surface area contributed by atoms with Crippen LogP contribution in [0.4, 0.5) is 16.2 Å². The van der Waals surface area contributed by atoms with Crippen molar-refractivity contribution in [3.8, 4) is 6.07 Å². The number of alkyl carbamates (subject to hydrolysis) is 1. The molecule has 2 fully saturated rings. The minimum absolute atomic E-state index is 0.122. The van der Waals surface area contributed by atoms with Crippen molar-refractivity contribution in [1.82, 2.24) is 15.5 Å². The van der Waals surface area contributed by atoms with Crippen molar-refractivity contribution < 1.29 is 14.3 Å². The van der Waals surface area contributed by atoms with E-state index in [9.17, 15) is 9.59 Å². The number of ether oxygens (including phenoxy) is 1. The van der Waals surface area contributed by atoms with Crippen LogP contribution in [0, 0.1) is 17.2 Å². The lowest BCUT2D eigenvalue weighted by molar-refractivity contribution is -0.114. The highest BCUT2D eigenvalue weighted by Gasteiger charge is 2.22. The number of carbonyl (C=O) groups excluding carboxylic acids is 2. The normalized spacial score (nSPS) is 18.0. The number of rotatable bonds is 7. The van der Waals surface area contributed by atoms with E-state index >= 15 is 0 Å². The second-order valence-electron chi connectivity index (χ2n) is 7.89. The molecule has 10 heteroatoms. The number of nitrogens with zero attached hydrogens (tertiary/aromatic N) is 4. The molecule has 0 spiro atoms. The summed E-state index contributed by atoms with van der Waals surface area (Å²) in [6, 6.07) is 9.37. The summed E-state index contributed by atoms with van der Waals surface area (Å²) in [7, 11) is 0. The molecule has 1 aromatic rings. The topological polar surface area (TPSA) is 122 Å². The van der Waals surface area contributed by atoms with E-state index in [4.69, 9.17) is 5.26 Å². The van der Waals surface area contributed by atoms with Crippen LogP contribution in [0.3, 0.4) is 0 Å². The standard InChI is InChI=1S/C22H31N7O3/c1-2-32-22(31)25-21(30)20(15-23)27-26-18-3-5-19(6-4-18)29-11-7-17(8-12-29)16-28-13-9-24-10-14-28/h3-6,17,24,26H,2,7-14,16H2,1H3,(H,25,30,31)/b27-20-. The molecule has 32 heavy (non-hydrogen) atoms. The molecule has 0 saturated carbocycles. The van der Waals surface area contributed by atoms with Crippen LogP contribution in [-0.4, -0.2) is 75.0 Å². The number of nitrogens with one attached hydrogen (secondary N) is 3. The van der Waals surface area contributed by atoms with E-state index in [1.54, 1.807) is 13.0 Å². The summed E-state index contributed by atoms with van der Waals surface area (Å²) in [6.45, 7) is 9.49. The summed E-state index contributed by atoms with van der Waals surface area (Å²) >= 11 is 0. The van der Waals surface area contributed by atoms with Crippen LogP contribution in [0.5, 0.6) is 0 Å². The molecular formula is C22H31N7O3. The van der Waals surface area contributed by atoms with Crippen molar-refractivity contribution in [2.75, 3.05) is 62.7 Å². The van der Waals surface area contributed by atoms with Crippen molar-refractivity contribution in [3.05, 3.63) is 24.3 Å². The minimum atomic E-state index is -0.918. The number of piperidine rings is 1. The van der Waals surface area contributed by atoms with E-state index in [0.717, 1.165) is 50.9 Å². The van der Waals surface area contributed by atoms with E-state index < -0.39 is 17.7 Å². The fraction of sp³-hybridized carbons (Fsp3) is 0.545. The third kappa shape index (κ3) is 6.93. The zero-order valence-electron chi connectivity index (χ0n) is 18.5. The molecule has 0 bridgehead atoms. The summed E-state index contributed by atoms with van der Waals surface area (Å²) in [5.74, 6) is -0.163. The second kappa shape index (κ2) is 12.0. The quantitative estimate of drug-likeness (QED) is 0.428. The molecular weight excluding hydrogens is 410 g/mol. The van der Waals surface area contributed by atoms with Gasteiger partial charge in [-0.3, -0.25) is 15.5 Å². The van der Waals surface area contributed by atoms with Crippen LogP contribution in [-0.2, 0) is 9.53 Å². The van der Waals surface area contributed by atoms with Crippen molar-refractivity contribution >= 4 is 29.1 Å². The second-order valence-corrected chi connectivity index (χ2v) is 7.89. The Kier molecular flexibility index (Phi) is 8.83. The molecule has 2 aliphatic rings. The SMILES string of the molecule is CCOC(=O)NC(=O)/C(C#N)=N\Nc1ccc(N2CCC(CN3CCNCC3)CC2)cc1. The van der Waals surface area contributed by atoms with E-state index in [-0.39, 0.29) is 6.61 Å². The maximum atomic E-state index is 11.9. The van der Waals surface area contributed by atoms with Crippen molar-refractivity contribution in [3.63, 3.8) is 0 Å². The van der Waals surface area contributed by atoms with Gasteiger partial charge in [-0.15, -0.1) is 0 Å². The lowest BCUT2D eigenvalue weighted by Crippen LogP contribution is -2.46. The largest absolute Gasteiger partial charge is 0.450 e. The Morgan fingerprint density at radius 1 is 1.19 bits per heavy atom. The number of hydrogen-bond donors (Lipinski definition) is 3. The Labute approximate surface area is 188 Å². The first kappa shape index (κ1) is 23.5. The molecule has 2 amide bonds. The van der Waals surface area contributed by atoms with Gasteiger partial charge in [0.1, 0.15) is 6.07 Å². The number of amides is 2. The smallest absolute Gasteiger partial charge is 0.414 e. The number of piperazine rings is 1. The van der Waals surface area contributed by atoms with Crippen LogP contribution >= 0.6 is 0 Å². The Bertz CT molecular complexity index is 836. The number of benzene rings is 1. The molecule has 2 aliphatic heterocycles. The number of hydrazone groups is 1. The molecule has 0 aromatic heterocycles. The number of imide groups is 1. The fourth-order valence-corrected chi connectivity index (χ4v) is 3.95. The summed E-state index contributed by atoms with van der Waals surface area (Å²) in [5.41, 5.74) is 4.00. The highest BCUT2D eigenvalue weighted by molar-refractivity contribution is 6.46. The van der Waals surface area contributed by atoms with Gasteiger partial charge in [-0.1, -0.05) is 0 Å². The van der Waals surface area contributed by atoms with Gasteiger partial charge in [-0.2, -0.15) is 10.4 Å². The van der Waals surface area contributed by atoms with Gasteiger partial charge in [0.2, 0.25) is 5.71 Å². The molecule has 2 saturated heterocycles. The van der Waals surface area contributed by atoms with Gasteiger partial charge < -0.3 is 19.9 Å². The predicted molar refractivity (Wildman–Crippen MR) is 123 cm³/mol.